The van der Waals surface area contributed by atoms with Crippen LogP contribution in [0.1, 0.15) is 31.9 Å². The second kappa shape index (κ2) is 7.89. The summed E-state index contributed by atoms with van der Waals surface area (Å²) in [6.45, 7) is 8.75. The summed E-state index contributed by atoms with van der Waals surface area (Å²) in [7, 11) is 0. The molecule has 0 atom stereocenters. The van der Waals surface area contributed by atoms with Gasteiger partial charge in [0.15, 0.2) is 5.58 Å². The standard InChI is InChI=1S/C30H26BrN3O3/c1-30(2,3)32-28-25(26-27(37-28)21-6-4-5-7-24(21)36-29(26)35)17-8-10-22-18(12-17)14-33-16-34(22)15-19-13-20(31)9-11-23(19)33/h4-13,32H,14-16H2,1-3H3. The van der Waals surface area contributed by atoms with Gasteiger partial charge >= 0.3 is 5.63 Å². The molecule has 0 fully saturated rings. The van der Waals surface area contributed by atoms with E-state index in [1.54, 1.807) is 6.07 Å². The molecule has 0 unspecified atom stereocenters. The highest BCUT2D eigenvalue weighted by atomic mass is 79.9. The Balaban J connectivity index is 1.42. The van der Waals surface area contributed by atoms with Crippen LogP contribution in [0.3, 0.4) is 0 Å². The average Bonchev–Trinajstić information content (AvgIpc) is 3.22. The topological polar surface area (TPSA) is 61.9 Å². The molecule has 2 bridgehead atoms. The molecule has 0 saturated heterocycles. The number of hydrogen-bond donors (Lipinski definition) is 1. The largest absolute Gasteiger partial charge is 0.439 e. The monoisotopic (exact) mass is 555 g/mol. The molecular formula is C30H26BrN3O3. The molecule has 7 rings (SSSR count). The molecule has 3 aromatic carbocycles. The van der Waals surface area contributed by atoms with Crippen molar-refractivity contribution in [3.63, 3.8) is 0 Å². The third-order valence-corrected chi connectivity index (χ3v) is 7.58. The maximum atomic E-state index is 13.3. The Bertz CT molecular complexity index is 1780. The predicted molar refractivity (Wildman–Crippen MR) is 152 cm³/mol. The zero-order valence-electron chi connectivity index (χ0n) is 20.9. The SMILES string of the molecule is CC(C)(C)Nc1oc2c(c1-c1ccc3c(c1)CN1CN3Cc3cc(Br)ccc31)c(=O)oc1ccccc12. The quantitative estimate of drug-likeness (QED) is 0.228. The highest BCUT2D eigenvalue weighted by Crippen LogP contribution is 2.44. The summed E-state index contributed by atoms with van der Waals surface area (Å²) in [5.74, 6) is 0.581. The second-order valence-electron chi connectivity index (χ2n) is 10.9. The van der Waals surface area contributed by atoms with Crippen molar-refractivity contribution >= 4 is 55.1 Å². The summed E-state index contributed by atoms with van der Waals surface area (Å²) in [6, 6.07) is 20.5. The number of benzene rings is 3. The van der Waals surface area contributed by atoms with Crippen LogP contribution in [0.5, 0.6) is 0 Å². The minimum Gasteiger partial charge on any atom is -0.439 e. The first-order valence-electron chi connectivity index (χ1n) is 12.4. The van der Waals surface area contributed by atoms with E-state index >= 15 is 0 Å². The molecule has 2 aliphatic heterocycles. The van der Waals surface area contributed by atoms with Crippen molar-refractivity contribution in [3.05, 3.63) is 86.7 Å². The minimum absolute atomic E-state index is 0.265. The van der Waals surface area contributed by atoms with Gasteiger partial charge in [0.25, 0.3) is 0 Å². The lowest BCUT2D eigenvalue weighted by atomic mass is 9.96. The van der Waals surface area contributed by atoms with E-state index in [9.17, 15) is 4.79 Å². The summed E-state index contributed by atoms with van der Waals surface area (Å²) in [5, 5.41) is 4.75. The van der Waals surface area contributed by atoms with Gasteiger partial charge in [0, 0.05) is 34.5 Å². The van der Waals surface area contributed by atoms with Gasteiger partial charge < -0.3 is 24.0 Å². The van der Waals surface area contributed by atoms with Crippen molar-refractivity contribution < 1.29 is 8.83 Å². The van der Waals surface area contributed by atoms with E-state index in [-0.39, 0.29) is 5.54 Å². The highest BCUT2D eigenvalue weighted by molar-refractivity contribution is 9.10. The lowest BCUT2D eigenvalue weighted by Crippen LogP contribution is -2.46. The van der Waals surface area contributed by atoms with Crippen LogP contribution < -0.4 is 20.7 Å². The first-order chi connectivity index (χ1) is 17.7. The maximum absolute atomic E-state index is 13.3. The van der Waals surface area contributed by atoms with Crippen molar-refractivity contribution in [2.75, 3.05) is 21.8 Å². The molecule has 7 heteroatoms. The molecule has 1 N–H and O–H groups in total. The predicted octanol–water partition coefficient (Wildman–Crippen LogP) is 7.48. The van der Waals surface area contributed by atoms with Gasteiger partial charge in [-0.3, -0.25) is 0 Å². The van der Waals surface area contributed by atoms with E-state index in [0.29, 0.717) is 22.4 Å². The summed E-state index contributed by atoms with van der Waals surface area (Å²) in [6.07, 6.45) is 0. The Morgan fingerprint density at radius 3 is 2.35 bits per heavy atom. The number of para-hydroxylation sites is 1. The maximum Gasteiger partial charge on any atom is 0.348 e. The Morgan fingerprint density at radius 2 is 1.59 bits per heavy atom. The van der Waals surface area contributed by atoms with Crippen LogP contribution in [0.2, 0.25) is 0 Å². The van der Waals surface area contributed by atoms with Gasteiger partial charge in [-0.25, -0.2) is 4.79 Å². The molecule has 6 nitrogen and oxygen atoms in total. The smallest absolute Gasteiger partial charge is 0.348 e. The van der Waals surface area contributed by atoms with Gasteiger partial charge in [-0.1, -0.05) is 34.1 Å². The molecule has 37 heavy (non-hydrogen) atoms. The number of anilines is 3. The van der Waals surface area contributed by atoms with Crippen molar-refractivity contribution in [1.82, 2.24) is 0 Å². The van der Waals surface area contributed by atoms with Gasteiger partial charge in [-0.2, -0.15) is 0 Å². The van der Waals surface area contributed by atoms with E-state index in [2.05, 4.69) is 88.2 Å². The minimum atomic E-state index is -0.393. The molecule has 0 saturated carbocycles. The number of halogens is 1. The fourth-order valence-electron chi connectivity index (χ4n) is 5.62. The summed E-state index contributed by atoms with van der Waals surface area (Å²) < 4.78 is 13.2. The second-order valence-corrected chi connectivity index (χ2v) is 11.8. The van der Waals surface area contributed by atoms with Crippen LogP contribution in [0, 0.1) is 0 Å². The molecule has 0 spiro atoms. The van der Waals surface area contributed by atoms with Crippen LogP contribution in [0.25, 0.3) is 33.1 Å². The molecule has 2 aromatic heterocycles. The van der Waals surface area contributed by atoms with E-state index in [4.69, 9.17) is 8.83 Å². The number of nitrogens with zero attached hydrogens (tertiary/aromatic N) is 2. The van der Waals surface area contributed by atoms with Gasteiger partial charge in [0.05, 0.1) is 17.6 Å². The molecule has 0 aliphatic carbocycles. The number of nitrogens with one attached hydrogen (secondary N) is 1. The number of furan rings is 1. The van der Waals surface area contributed by atoms with Crippen LogP contribution in [-0.4, -0.2) is 12.2 Å². The molecule has 2 aliphatic rings. The normalized spacial score (nSPS) is 14.7. The Kier molecular flexibility index (Phi) is 4.80. The first-order valence-corrected chi connectivity index (χ1v) is 13.2. The summed E-state index contributed by atoms with van der Waals surface area (Å²) in [4.78, 5) is 18.1. The Labute approximate surface area is 222 Å². The molecule has 0 amide bonds. The van der Waals surface area contributed by atoms with Crippen LogP contribution in [0.15, 0.2) is 78.8 Å². The zero-order chi connectivity index (χ0) is 25.5. The van der Waals surface area contributed by atoms with Gasteiger partial charge in [0.2, 0.25) is 5.88 Å². The van der Waals surface area contributed by atoms with E-state index in [1.165, 1.54) is 22.5 Å². The van der Waals surface area contributed by atoms with Crippen molar-refractivity contribution in [2.24, 2.45) is 0 Å². The van der Waals surface area contributed by atoms with Gasteiger partial charge in [-0.05, 0) is 79.9 Å². The molecule has 186 valence electrons. The van der Waals surface area contributed by atoms with Crippen molar-refractivity contribution in [2.45, 2.75) is 39.4 Å². The van der Waals surface area contributed by atoms with Crippen LogP contribution in [-0.2, 0) is 13.1 Å². The highest BCUT2D eigenvalue weighted by Gasteiger charge is 2.31. The van der Waals surface area contributed by atoms with Gasteiger partial charge in [-0.15, -0.1) is 0 Å². The summed E-state index contributed by atoms with van der Waals surface area (Å²) >= 11 is 3.62. The van der Waals surface area contributed by atoms with E-state index in [1.807, 2.05) is 18.2 Å². The first kappa shape index (κ1) is 22.5. The Morgan fingerprint density at radius 1 is 0.892 bits per heavy atom. The number of hydrogen-bond acceptors (Lipinski definition) is 6. The fourth-order valence-corrected chi connectivity index (χ4v) is 6.03. The average molecular weight is 556 g/mol. The van der Waals surface area contributed by atoms with Crippen molar-refractivity contribution in [3.8, 4) is 11.1 Å². The Hall–Kier alpha value is -3.71. The molecule has 0 radical (unpaired) electrons. The zero-order valence-corrected chi connectivity index (χ0v) is 22.5. The van der Waals surface area contributed by atoms with E-state index in [0.717, 1.165) is 40.7 Å². The van der Waals surface area contributed by atoms with Crippen LogP contribution >= 0.6 is 15.9 Å². The lowest BCUT2D eigenvalue weighted by molar-refractivity contribution is 0.557. The van der Waals surface area contributed by atoms with Crippen molar-refractivity contribution in [1.29, 1.82) is 0 Å². The van der Waals surface area contributed by atoms with Crippen LogP contribution in [0.4, 0.5) is 17.3 Å². The third-order valence-electron chi connectivity index (χ3n) is 7.09. The summed E-state index contributed by atoms with van der Waals surface area (Å²) in [5.41, 5.74) is 7.13. The molecular weight excluding hydrogens is 530 g/mol. The fraction of sp³-hybridized carbons (Fsp3) is 0.233. The molecule has 4 heterocycles. The van der Waals surface area contributed by atoms with E-state index < -0.39 is 5.63 Å². The number of rotatable bonds is 2. The lowest BCUT2D eigenvalue weighted by Gasteiger charge is -2.45. The molecule has 5 aromatic rings. The third kappa shape index (κ3) is 3.63. The number of fused-ring (bicyclic) bond motifs is 9. The van der Waals surface area contributed by atoms with Gasteiger partial charge in [0.1, 0.15) is 11.0 Å².